The monoisotopic (exact) mass is 223 g/mol. The summed E-state index contributed by atoms with van der Waals surface area (Å²) in [5, 5.41) is 5.47. The van der Waals surface area contributed by atoms with E-state index in [0.29, 0.717) is 6.04 Å². The number of methoxy groups -OCH3 is 1. The molecule has 1 heterocycles. The maximum atomic E-state index is 5.37. The first-order chi connectivity index (χ1) is 7.36. The fraction of sp³-hybridized carbons (Fsp3) is 0.500. The number of thiophene rings is 1. The number of hydrogen-bond acceptors (Lipinski definition) is 3. The molecule has 2 rings (SSSR count). The van der Waals surface area contributed by atoms with Crippen LogP contribution in [0, 0.1) is 0 Å². The number of likely N-dealkylation sites (N-methyl/N-ethyl adjacent to an activating group) is 1. The van der Waals surface area contributed by atoms with Crippen molar-refractivity contribution in [1.29, 1.82) is 0 Å². The normalized spacial score (nSPS) is 17.6. The third-order valence-corrected chi connectivity index (χ3v) is 3.84. The van der Waals surface area contributed by atoms with Crippen molar-refractivity contribution in [2.45, 2.75) is 25.3 Å². The molecule has 0 aromatic carbocycles. The average molecular weight is 223 g/mol. The summed E-state index contributed by atoms with van der Waals surface area (Å²) in [6.45, 7) is 0. The van der Waals surface area contributed by atoms with Gasteiger partial charge in [0.05, 0.1) is 18.0 Å². The third-order valence-electron chi connectivity index (χ3n) is 2.87. The molecule has 0 saturated heterocycles. The fourth-order valence-corrected chi connectivity index (χ4v) is 3.14. The number of ether oxygens (including phenoxy) is 1. The largest absolute Gasteiger partial charge is 0.496 e. The zero-order chi connectivity index (χ0) is 10.7. The van der Waals surface area contributed by atoms with E-state index in [1.807, 2.05) is 13.1 Å². The van der Waals surface area contributed by atoms with E-state index in [4.69, 9.17) is 4.74 Å². The standard InChI is InChI=1S/C12H17NOS/c1-13-11(9-5-3-4-6-9)12-10(14-2)7-8-15-12/h5,7-8,11,13H,3-4,6H2,1-2H3. The van der Waals surface area contributed by atoms with Gasteiger partial charge in [0.1, 0.15) is 5.75 Å². The maximum Gasteiger partial charge on any atom is 0.134 e. The highest BCUT2D eigenvalue weighted by Crippen LogP contribution is 2.38. The van der Waals surface area contributed by atoms with Gasteiger partial charge >= 0.3 is 0 Å². The van der Waals surface area contributed by atoms with Gasteiger partial charge in [0.15, 0.2) is 0 Å². The SMILES string of the molecule is CNC(C1=CCCC1)c1sccc1OC. The van der Waals surface area contributed by atoms with Crippen molar-refractivity contribution in [3.8, 4) is 5.75 Å². The Kier molecular flexibility index (Phi) is 3.44. The highest BCUT2D eigenvalue weighted by atomic mass is 32.1. The summed E-state index contributed by atoms with van der Waals surface area (Å²) in [7, 11) is 3.75. The number of nitrogens with one attached hydrogen (secondary N) is 1. The molecule has 0 spiro atoms. The van der Waals surface area contributed by atoms with Crippen molar-refractivity contribution >= 4 is 11.3 Å². The van der Waals surface area contributed by atoms with Crippen molar-refractivity contribution in [3.63, 3.8) is 0 Å². The smallest absolute Gasteiger partial charge is 0.134 e. The van der Waals surface area contributed by atoms with Crippen LogP contribution in [-0.2, 0) is 0 Å². The Hall–Kier alpha value is -0.800. The average Bonchev–Trinajstić information content (AvgIpc) is 2.89. The Bertz CT molecular complexity index is 356. The molecule has 1 aliphatic rings. The summed E-state index contributed by atoms with van der Waals surface area (Å²) in [5.41, 5.74) is 1.51. The molecule has 1 N–H and O–H groups in total. The van der Waals surface area contributed by atoms with Crippen LogP contribution in [0.5, 0.6) is 5.75 Å². The molecule has 0 aliphatic heterocycles. The summed E-state index contributed by atoms with van der Waals surface area (Å²) in [6.07, 6.45) is 6.09. The van der Waals surface area contributed by atoms with Gasteiger partial charge in [-0.3, -0.25) is 0 Å². The van der Waals surface area contributed by atoms with Crippen LogP contribution in [0.2, 0.25) is 0 Å². The summed E-state index contributed by atoms with van der Waals surface area (Å²) in [5.74, 6) is 1.01. The molecule has 0 radical (unpaired) electrons. The van der Waals surface area contributed by atoms with E-state index in [2.05, 4.69) is 16.8 Å². The molecule has 1 aromatic heterocycles. The molecule has 1 aromatic rings. The van der Waals surface area contributed by atoms with E-state index < -0.39 is 0 Å². The Morgan fingerprint density at radius 1 is 1.53 bits per heavy atom. The second-order valence-electron chi connectivity index (χ2n) is 3.75. The number of allylic oxidation sites excluding steroid dienone is 1. The van der Waals surface area contributed by atoms with Gasteiger partial charge in [-0.2, -0.15) is 0 Å². The van der Waals surface area contributed by atoms with E-state index in [0.717, 1.165) is 5.75 Å². The van der Waals surface area contributed by atoms with Crippen molar-refractivity contribution in [3.05, 3.63) is 28.0 Å². The predicted octanol–water partition coefficient (Wildman–Crippen LogP) is 3.13. The lowest BCUT2D eigenvalue weighted by Crippen LogP contribution is -2.17. The quantitative estimate of drug-likeness (QED) is 0.792. The van der Waals surface area contributed by atoms with Crippen LogP contribution in [0.1, 0.15) is 30.2 Å². The summed E-state index contributed by atoms with van der Waals surface area (Å²) in [6, 6.07) is 2.39. The number of hydrogen-bond donors (Lipinski definition) is 1. The number of rotatable bonds is 4. The van der Waals surface area contributed by atoms with Gasteiger partial charge in [-0.15, -0.1) is 11.3 Å². The second-order valence-corrected chi connectivity index (χ2v) is 4.69. The van der Waals surface area contributed by atoms with Crippen molar-refractivity contribution < 1.29 is 4.74 Å². The molecule has 1 aliphatic carbocycles. The van der Waals surface area contributed by atoms with Crippen LogP contribution in [0.15, 0.2) is 23.1 Å². The molecular weight excluding hydrogens is 206 g/mol. The summed E-state index contributed by atoms with van der Waals surface area (Å²) >= 11 is 1.77. The lowest BCUT2D eigenvalue weighted by atomic mass is 10.1. The fourth-order valence-electron chi connectivity index (χ4n) is 2.13. The van der Waals surface area contributed by atoms with E-state index in [1.54, 1.807) is 18.4 Å². The molecule has 1 unspecified atom stereocenters. The van der Waals surface area contributed by atoms with Crippen LogP contribution >= 0.6 is 11.3 Å². The Morgan fingerprint density at radius 2 is 2.40 bits per heavy atom. The van der Waals surface area contributed by atoms with Crippen LogP contribution in [0.25, 0.3) is 0 Å². The molecule has 2 nitrogen and oxygen atoms in total. The topological polar surface area (TPSA) is 21.3 Å². The van der Waals surface area contributed by atoms with Crippen molar-refractivity contribution in [2.24, 2.45) is 0 Å². The Labute approximate surface area is 95.0 Å². The van der Waals surface area contributed by atoms with Gasteiger partial charge in [0.2, 0.25) is 0 Å². The van der Waals surface area contributed by atoms with Gasteiger partial charge in [0, 0.05) is 0 Å². The van der Waals surface area contributed by atoms with Crippen LogP contribution < -0.4 is 10.1 Å². The molecule has 1 atom stereocenters. The molecule has 0 bridgehead atoms. The Balaban J connectivity index is 2.26. The maximum absolute atomic E-state index is 5.37. The lowest BCUT2D eigenvalue weighted by Gasteiger charge is -2.17. The van der Waals surface area contributed by atoms with E-state index in [9.17, 15) is 0 Å². The minimum absolute atomic E-state index is 0.349. The van der Waals surface area contributed by atoms with Gasteiger partial charge in [-0.05, 0) is 37.8 Å². The second kappa shape index (κ2) is 4.81. The first-order valence-electron chi connectivity index (χ1n) is 5.34. The predicted molar refractivity (Wildman–Crippen MR) is 64.6 cm³/mol. The van der Waals surface area contributed by atoms with Crippen LogP contribution in [-0.4, -0.2) is 14.2 Å². The van der Waals surface area contributed by atoms with Gasteiger partial charge < -0.3 is 10.1 Å². The van der Waals surface area contributed by atoms with Gasteiger partial charge in [-0.25, -0.2) is 0 Å². The zero-order valence-corrected chi connectivity index (χ0v) is 10.1. The summed E-state index contributed by atoms with van der Waals surface area (Å²) < 4.78 is 5.37. The molecule has 0 saturated carbocycles. The first kappa shape index (κ1) is 10.7. The van der Waals surface area contributed by atoms with Gasteiger partial charge in [0.25, 0.3) is 0 Å². The molecular formula is C12H17NOS. The molecule has 15 heavy (non-hydrogen) atoms. The summed E-state index contributed by atoms with van der Waals surface area (Å²) in [4.78, 5) is 1.30. The van der Waals surface area contributed by atoms with E-state index >= 15 is 0 Å². The minimum atomic E-state index is 0.349. The van der Waals surface area contributed by atoms with Crippen LogP contribution in [0.4, 0.5) is 0 Å². The highest BCUT2D eigenvalue weighted by Gasteiger charge is 2.21. The minimum Gasteiger partial charge on any atom is -0.496 e. The first-order valence-corrected chi connectivity index (χ1v) is 6.22. The molecule has 0 fully saturated rings. The third kappa shape index (κ3) is 2.08. The van der Waals surface area contributed by atoms with E-state index in [1.165, 1.54) is 29.7 Å². The van der Waals surface area contributed by atoms with Gasteiger partial charge in [-0.1, -0.05) is 11.6 Å². The molecule has 0 amide bonds. The Morgan fingerprint density at radius 3 is 3.00 bits per heavy atom. The molecule has 3 heteroatoms. The van der Waals surface area contributed by atoms with Crippen LogP contribution in [0.3, 0.4) is 0 Å². The van der Waals surface area contributed by atoms with Crippen molar-refractivity contribution in [2.75, 3.05) is 14.2 Å². The van der Waals surface area contributed by atoms with E-state index in [-0.39, 0.29) is 0 Å². The lowest BCUT2D eigenvalue weighted by molar-refractivity contribution is 0.408. The van der Waals surface area contributed by atoms with Crippen molar-refractivity contribution in [1.82, 2.24) is 5.32 Å². The zero-order valence-electron chi connectivity index (χ0n) is 9.25. The molecule has 82 valence electrons. The highest BCUT2D eigenvalue weighted by molar-refractivity contribution is 7.10.